The molecule has 11 heteroatoms. The Balaban J connectivity index is 1.69. The van der Waals surface area contributed by atoms with Crippen LogP contribution in [-0.2, 0) is 15.8 Å². The maximum absolute atomic E-state index is 14.3. The van der Waals surface area contributed by atoms with Crippen LogP contribution in [0.4, 0.5) is 33.7 Å². The van der Waals surface area contributed by atoms with Crippen LogP contribution in [0.3, 0.4) is 0 Å². The highest BCUT2D eigenvalue weighted by atomic mass is 19.4. The van der Waals surface area contributed by atoms with Crippen molar-refractivity contribution >= 4 is 29.2 Å². The van der Waals surface area contributed by atoms with E-state index in [1.54, 1.807) is 0 Å². The summed E-state index contributed by atoms with van der Waals surface area (Å²) in [6, 6.07) is 5.26. The Morgan fingerprint density at radius 2 is 1.83 bits per heavy atom. The van der Waals surface area contributed by atoms with Gasteiger partial charge >= 0.3 is 12.2 Å². The predicted molar refractivity (Wildman–Crippen MR) is 97.6 cm³/mol. The number of benzene rings is 2. The minimum Gasteiger partial charge on any atom is -0.484 e. The van der Waals surface area contributed by atoms with Gasteiger partial charge in [-0.2, -0.15) is 13.2 Å². The van der Waals surface area contributed by atoms with E-state index in [1.165, 1.54) is 13.0 Å². The van der Waals surface area contributed by atoms with Gasteiger partial charge in [0.05, 0.1) is 17.8 Å². The lowest BCUT2D eigenvalue weighted by Gasteiger charge is -2.19. The monoisotopic (exact) mass is 425 g/mol. The van der Waals surface area contributed by atoms with E-state index in [0.29, 0.717) is 4.90 Å². The van der Waals surface area contributed by atoms with Gasteiger partial charge in [0, 0.05) is 5.69 Å². The first-order valence-corrected chi connectivity index (χ1v) is 8.57. The predicted octanol–water partition coefficient (Wildman–Crippen LogP) is 3.23. The second-order valence-electron chi connectivity index (χ2n) is 6.32. The maximum Gasteiger partial charge on any atom is 0.416 e. The van der Waals surface area contributed by atoms with Gasteiger partial charge in [0.25, 0.3) is 11.8 Å². The van der Waals surface area contributed by atoms with E-state index in [0.717, 1.165) is 30.3 Å². The number of ether oxygens (including phenoxy) is 1. The summed E-state index contributed by atoms with van der Waals surface area (Å²) >= 11 is 0. The Labute approximate surface area is 167 Å². The number of amides is 4. The Morgan fingerprint density at radius 3 is 2.40 bits per heavy atom. The summed E-state index contributed by atoms with van der Waals surface area (Å²) in [6.45, 7) is 0.625. The number of alkyl halides is 3. The highest BCUT2D eigenvalue weighted by Crippen LogP contribution is 2.32. The Kier molecular flexibility index (Phi) is 5.63. The molecule has 30 heavy (non-hydrogen) atoms. The average molecular weight is 425 g/mol. The van der Waals surface area contributed by atoms with E-state index in [-0.39, 0.29) is 29.2 Å². The molecule has 1 heterocycles. The lowest BCUT2D eigenvalue weighted by molar-refractivity contribution is -0.137. The molecule has 2 N–H and O–H groups in total. The fraction of sp³-hybridized carbons (Fsp3) is 0.211. The zero-order valence-electron chi connectivity index (χ0n) is 15.5. The number of nitrogens with zero attached hydrogens (tertiary/aromatic N) is 1. The second kappa shape index (κ2) is 8.01. The number of carbonyl (C=O) groups is 3. The number of hydrogen-bond donors (Lipinski definition) is 2. The number of carbonyl (C=O) groups excluding carboxylic acids is 3. The highest BCUT2D eigenvalue weighted by molar-refractivity contribution is 6.20. The zero-order chi connectivity index (χ0) is 22.1. The maximum atomic E-state index is 14.3. The van der Waals surface area contributed by atoms with Gasteiger partial charge in [0.2, 0.25) is 0 Å². The van der Waals surface area contributed by atoms with Crippen LogP contribution in [-0.4, -0.2) is 31.0 Å². The summed E-state index contributed by atoms with van der Waals surface area (Å²) in [7, 11) is 0. The normalized spacial score (nSPS) is 14.0. The summed E-state index contributed by atoms with van der Waals surface area (Å²) in [5.41, 5.74) is -0.853. The lowest BCUT2D eigenvalue weighted by Crippen LogP contribution is -2.32. The van der Waals surface area contributed by atoms with E-state index in [2.05, 4.69) is 10.6 Å². The average Bonchev–Trinajstić information content (AvgIpc) is 3.01. The van der Waals surface area contributed by atoms with Gasteiger partial charge in [-0.05, 0) is 48.9 Å². The molecule has 0 saturated carbocycles. The number of anilines is 2. The van der Waals surface area contributed by atoms with Crippen molar-refractivity contribution in [2.75, 3.05) is 23.4 Å². The largest absolute Gasteiger partial charge is 0.484 e. The first-order chi connectivity index (χ1) is 14.1. The Hall–Kier alpha value is -3.63. The summed E-state index contributed by atoms with van der Waals surface area (Å²) in [6.07, 6.45) is -4.48. The molecule has 4 amide bonds. The highest BCUT2D eigenvalue weighted by Gasteiger charge is 2.34. The topological polar surface area (TPSA) is 87.7 Å². The molecule has 3 rings (SSSR count). The summed E-state index contributed by atoms with van der Waals surface area (Å²) in [5.74, 6) is -2.09. The summed E-state index contributed by atoms with van der Waals surface area (Å²) in [4.78, 5) is 36.5. The molecule has 1 fully saturated rings. The van der Waals surface area contributed by atoms with Crippen LogP contribution in [0.1, 0.15) is 11.1 Å². The fourth-order valence-electron chi connectivity index (χ4n) is 2.80. The third-order valence-corrected chi connectivity index (χ3v) is 4.27. The van der Waals surface area contributed by atoms with Gasteiger partial charge in [-0.25, -0.2) is 14.1 Å². The number of halogens is 4. The standard InChI is InChI=1S/C19H15F4N3O4/c1-10-14(7-6-13(20)17(10)26-16(28)8-24-18(26)29)25-15(27)9-30-12-4-2-11(3-5-12)19(21,22)23/h2-7H,8-9H2,1H3,(H,24,29)(H,25,27). The van der Waals surface area contributed by atoms with Crippen LogP contribution in [0.5, 0.6) is 5.75 Å². The van der Waals surface area contributed by atoms with Crippen molar-refractivity contribution in [1.82, 2.24) is 5.32 Å². The van der Waals surface area contributed by atoms with E-state index in [1.807, 2.05) is 0 Å². The number of rotatable bonds is 5. The number of imide groups is 1. The fourth-order valence-corrected chi connectivity index (χ4v) is 2.80. The van der Waals surface area contributed by atoms with E-state index in [9.17, 15) is 31.9 Å². The minimum absolute atomic E-state index is 0.0500. The van der Waals surface area contributed by atoms with Gasteiger partial charge in [0.1, 0.15) is 11.6 Å². The van der Waals surface area contributed by atoms with Crippen LogP contribution in [0.15, 0.2) is 36.4 Å². The lowest BCUT2D eigenvalue weighted by atomic mass is 10.1. The molecule has 0 bridgehead atoms. The van der Waals surface area contributed by atoms with Crippen molar-refractivity contribution in [1.29, 1.82) is 0 Å². The van der Waals surface area contributed by atoms with Gasteiger partial charge in [0.15, 0.2) is 6.61 Å². The quantitative estimate of drug-likeness (QED) is 0.569. The molecule has 1 aliphatic heterocycles. The molecule has 0 radical (unpaired) electrons. The van der Waals surface area contributed by atoms with Crippen molar-refractivity contribution in [3.05, 3.63) is 53.3 Å². The van der Waals surface area contributed by atoms with Crippen molar-refractivity contribution in [2.45, 2.75) is 13.1 Å². The molecule has 0 atom stereocenters. The van der Waals surface area contributed by atoms with Crippen LogP contribution < -0.4 is 20.3 Å². The SMILES string of the molecule is Cc1c(NC(=O)COc2ccc(C(F)(F)F)cc2)ccc(F)c1N1C(=O)CNC1=O. The molecule has 7 nitrogen and oxygen atoms in total. The number of hydrogen-bond acceptors (Lipinski definition) is 4. The van der Waals surface area contributed by atoms with Crippen LogP contribution >= 0.6 is 0 Å². The second-order valence-corrected chi connectivity index (χ2v) is 6.32. The van der Waals surface area contributed by atoms with Crippen LogP contribution in [0.2, 0.25) is 0 Å². The van der Waals surface area contributed by atoms with Crippen molar-refractivity contribution in [3.8, 4) is 5.75 Å². The minimum atomic E-state index is -4.48. The molecule has 0 aliphatic carbocycles. The molecule has 2 aromatic carbocycles. The number of nitrogens with one attached hydrogen (secondary N) is 2. The Morgan fingerprint density at radius 1 is 1.17 bits per heavy atom. The summed E-state index contributed by atoms with van der Waals surface area (Å²) in [5, 5.41) is 4.73. The zero-order valence-corrected chi connectivity index (χ0v) is 15.5. The van der Waals surface area contributed by atoms with E-state index < -0.39 is 42.0 Å². The van der Waals surface area contributed by atoms with Gasteiger partial charge in [-0.1, -0.05) is 0 Å². The molecule has 158 valence electrons. The first-order valence-electron chi connectivity index (χ1n) is 8.57. The molecular weight excluding hydrogens is 410 g/mol. The van der Waals surface area contributed by atoms with Crippen molar-refractivity contribution in [3.63, 3.8) is 0 Å². The molecule has 0 spiro atoms. The van der Waals surface area contributed by atoms with Crippen molar-refractivity contribution < 1.29 is 36.7 Å². The molecule has 0 aromatic heterocycles. The molecule has 1 aliphatic rings. The number of urea groups is 1. The third-order valence-electron chi connectivity index (χ3n) is 4.27. The molecule has 2 aromatic rings. The molecule has 0 unspecified atom stereocenters. The first kappa shape index (κ1) is 21.1. The van der Waals surface area contributed by atoms with E-state index in [4.69, 9.17) is 4.74 Å². The third kappa shape index (κ3) is 4.34. The van der Waals surface area contributed by atoms with Crippen molar-refractivity contribution in [2.24, 2.45) is 0 Å². The van der Waals surface area contributed by atoms with Gasteiger partial charge < -0.3 is 15.4 Å². The smallest absolute Gasteiger partial charge is 0.416 e. The van der Waals surface area contributed by atoms with Crippen LogP contribution in [0.25, 0.3) is 0 Å². The Bertz CT molecular complexity index is 990. The molecular formula is C19H15F4N3O4. The molecule has 1 saturated heterocycles. The summed E-state index contributed by atoms with van der Waals surface area (Å²) < 4.78 is 57.1. The van der Waals surface area contributed by atoms with Crippen LogP contribution in [0, 0.1) is 12.7 Å². The van der Waals surface area contributed by atoms with Gasteiger partial charge in [-0.15, -0.1) is 0 Å². The van der Waals surface area contributed by atoms with E-state index >= 15 is 0 Å². The van der Waals surface area contributed by atoms with Gasteiger partial charge in [-0.3, -0.25) is 9.59 Å².